The number of rotatable bonds is 6. The third-order valence-electron chi connectivity index (χ3n) is 6.78. The molecule has 1 aromatic carbocycles. The smallest absolute Gasteiger partial charge is 0.243 e. The minimum absolute atomic E-state index is 0.355. The lowest BCUT2D eigenvalue weighted by atomic mass is 10.2. The molecule has 0 radical (unpaired) electrons. The molecular weight excluding hydrogens is 436 g/mol. The van der Waals surface area contributed by atoms with Crippen molar-refractivity contribution in [2.45, 2.75) is 44.2 Å². The van der Waals surface area contributed by atoms with Gasteiger partial charge >= 0.3 is 0 Å². The van der Waals surface area contributed by atoms with Crippen LogP contribution in [0.5, 0.6) is 0 Å². The van der Waals surface area contributed by atoms with Crippen LogP contribution in [0.25, 0.3) is 11.0 Å². The van der Waals surface area contributed by atoms with Crippen molar-refractivity contribution in [2.24, 2.45) is 0 Å². The number of nitrogens with zero attached hydrogens (tertiary/aromatic N) is 6. The third kappa shape index (κ3) is 4.49. The van der Waals surface area contributed by atoms with E-state index in [1.165, 1.54) is 0 Å². The Kier molecular flexibility index (Phi) is 6.36. The Morgan fingerprint density at radius 3 is 2.42 bits per heavy atom. The molecule has 176 valence electrons. The summed E-state index contributed by atoms with van der Waals surface area (Å²) in [6.45, 7) is 8.64. The van der Waals surface area contributed by atoms with E-state index in [0.717, 1.165) is 81.2 Å². The lowest BCUT2D eigenvalue weighted by molar-refractivity contribution is 0.241. The molecular formula is C24H32N6O2S. The van der Waals surface area contributed by atoms with Crippen molar-refractivity contribution >= 4 is 26.9 Å². The molecule has 4 heterocycles. The predicted molar refractivity (Wildman–Crippen MR) is 130 cm³/mol. The highest BCUT2D eigenvalue weighted by atomic mass is 32.2. The third-order valence-corrected chi connectivity index (χ3v) is 8.67. The van der Waals surface area contributed by atoms with E-state index in [9.17, 15) is 8.42 Å². The summed E-state index contributed by atoms with van der Waals surface area (Å²) in [5.41, 5.74) is 1.76. The van der Waals surface area contributed by atoms with Crippen molar-refractivity contribution in [2.75, 3.05) is 44.2 Å². The summed E-state index contributed by atoms with van der Waals surface area (Å²) in [7, 11) is -3.46. The Morgan fingerprint density at radius 2 is 1.73 bits per heavy atom. The molecule has 8 nitrogen and oxygen atoms in total. The number of imidazole rings is 1. The van der Waals surface area contributed by atoms with E-state index < -0.39 is 10.0 Å². The topological polar surface area (TPSA) is 74.6 Å². The zero-order valence-corrected chi connectivity index (χ0v) is 20.0. The second kappa shape index (κ2) is 9.40. The fourth-order valence-corrected chi connectivity index (χ4v) is 6.46. The van der Waals surface area contributed by atoms with Gasteiger partial charge in [-0.3, -0.25) is 4.90 Å². The van der Waals surface area contributed by atoms with Crippen LogP contribution in [0.15, 0.2) is 47.5 Å². The maximum absolute atomic E-state index is 13.1. The average molecular weight is 469 g/mol. The normalized spacial score (nSPS) is 18.8. The largest absolute Gasteiger partial charge is 0.354 e. The van der Waals surface area contributed by atoms with Crippen LogP contribution in [0, 0.1) is 0 Å². The summed E-state index contributed by atoms with van der Waals surface area (Å²) in [6.07, 6.45) is 4.81. The Hall–Kier alpha value is -2.49. The molecule has 2 aromatic heterocycles. The van der Waals surface area contributed by atoms with Crippen LogP contribution in [-0.2, 0) is 23.1 Å². The van der Waals surface area contributed by atoms with Crippen molar-refractivity contribution in [3.63, 3.8) is 0 Å². The Bertz CT molecular complexity index is 1200. The molecule has 0 unspecified atom stereocenters. The summed E-state index contributed by atoms with van der Waals surface area (Å²) in [6, 6.07) is 11.5. The van der Waals surface area contributed by atoms with Gasteiger partial charge in [-0.25, -0.2) is 18.4 Å². The molecule has 0 saturated carbocycles. The molecule has 0 aliphatic carbocycles. The van der Waals surface area contributed by atoms with Crippen molar-refractivity contribution in [1.29, 1.82) is 0 Å². The molecule has 3 aromatic rings. The minimum Gasteiger partial charge on any atom is -0.354 e. The fraction of sp³-hybridized carbons (Fsp3) is 0.500. The van der Waals surface area contributed by atoms with E-state index in [2.05, 4.69) is 32.3 Å². The number of piperazine rings is 1. The van der Waals surface area contributed by atoms with Crippen molar-refractivity contribution in [3.05, 3.63) is 48.4 Å². The van der Waals surface area contributed by atoms with Crippen LogP contribution in [0.4, 0.5) is 5.82 Å². The lowest BCUT2D eigenvalue weighted by Crippen LogP contribution is -2.46. The first-order chi connectivity index (χ1) is 16.1. The Balaban J connectivity index is 1.33. The monoisotopic (exact) mass is 468 g/mol. The maximum atomic E-state index is 13.1. The second-order valence-electron chi connectivity index (χ2n) is 8.84. The van der Waals surface area contributed by atoms with Gasteiger partial charge < -0.3 is 9.47 Å². The summed E-state index contributed by atoms with van der Waals surface area (Å²) in [5.74, 6) is 2.02. The highest BCUT2D eigenvalue weighted by Gasteiger charge is 2.27. The van der Waals surface area contributed by atoms with Gasteiger partial charge in [0.05, 0.1) is 22.5 Å². The van der Waals surface area contributed by atoms with Gasteiger partial charge in [0.25, 0.3) is 0 Å². The number of hydrogen-bond donors (Lipinski definition) is 0. The molecule has 5 rings (SSSR count). The van der Waals surface area contributed by atoms with Crippen molar-refractivity contribution in [1.82, 2.24) is 23.7 Å². The molecule has 2 aliphatic rings. The van der Waals surface area contributed by atoms with E-state index in [-0.39, 0.29) is 0 Å². The Labute approximate surface area is 195 Å². The average Bonchev–Trinajstić information content (AvgIpc) is 3.21. The number of piperidine rings is 1. The summed E-state index contributed by atoms with van der Waals surface area (Å²) >= 11 is 0. The molecule has 2 saturated heterocycles. The molecule has 2 fully saturated rings. The second-order valence-corrected chi connectivity index (χ2v) is 10.8. The number of benzene rings is 1. The molecule has 0 N–H and O–H groups in total. The van der Waals surface area contributed by atoms with Crippen LogP contribution in [-0.4, -0.2) is 71.4 Å². The predicted octanol–water partition coefficient (Wildman–Crippen LogP) is 2.95. The quantitative estimate of drug-likeness (QED) is 0.554. The standard InChI is InChI=1S/C24H32N6O2S/c1-2-30-22-10-9-20(33(31,32)29-12-6-3-7-13-29)18-21(22)26-24(30)19-27-14-16-28(17-15-27)23-8-4-5-11-25-23/h4-5,8-11,18H,2-3,6-7,12-17,19H2,1H3. The molecule has 0 bridgehead atoms. The van der Waals surface area contributed by atoms with Gasteiger partial charge in [0.2, 0.25) is 10.0 Å². The van der Waals surface area contributed by atoms with Gasteiger partial charge in [-0.1, -0.05) is 12.5 Å². The zero-order chi connectivity index (χ0) is 22.8. The van der Waals surface area contributed by atoms with Gasteiger partial charge in [0.1, 0.15) is 11.6 Å². The number of sulfonamides is 1. The fourth-order valence-electron chi connectivity index (χ4n) is 4.92. The van der Waals surface area contributed by atoms with Crippen LogP contribution in [0.1, 0.15) is 32.0 Å². The van der Waals surface area contributed by atoms with Crippen LogP contribution in [0.3, 0.4) is 0 Å². The van der Waals surface area contributed by atoms with E-state index in [4.69, 9.17) is 4.98 Å². The van der Waals surface area contributed by atoms with Crippen LogP contribution >= 0.6 is 0 Å². The molecule has 0 spiro atoms. The number of aryl methyl sites for hydroxylation is 1. The van der Waals surface area contributed by atoms with Crippen molar-refractivity contribution in [3.8, 4) is 0 Å². The summed E-state index contributed by atoms with van der Waals surface area (Å²) in [5, 5.41) is 0. The van der Waals surface area contributed by atoms with E-state index in [1.807, 2.05) is 24.4 Å². The van der Waals surface area contributed by atoms with Crippen LogP contribution in [0.2, 0.25) is 0 Å². The molecule has 9 heteroatoms. The lowest BCUT2D eigenvalue weighted by Gasteiger charge is -2.35. The van der Waals surface area contributed by atoms with Gasteiger partial charge in [0.15, 0.2) is 0 Å². The van der Waals surface area contributed by atoms with Gasteiger partial charge in [-0.05, 0) is 50.1 Å². The maximum Gasteiger partial charge on any atom is 0.243 e. The number of pyridine rings is 1. The summed E-state index contributed by atoms with van der Waals surface area (Å²) < 4.78 is 30.1. The SMILES string of the molecule is CCn1c(CN2CCN(c3ccccn3)CC2)nc2cc(S(=O)(=O)N3CCCCC3)ccc21. The number of aromatic nitrogens is 3. The highest BCUT2D eigenvalue weighted by Crippen LogP contribution is 2.26. The van der Waals surface area contributed by atoms with Gasteiger partial charge in [-0.15, -0.1) is 0 Å². The molecule has 0 amide bonds. The highest BCUT2D eigenvalue weighted by molar-refractivity contribution is 7.89. The van der Waals surface area contributed by atoms with Gasteiger partial charge in [-0.2, -0.15) is 4.31 Å². The first kappa shape index (κ1) is 22.3. The first-order valence-corrected chi connectivity index (χ1v) is 13.4. The van der Waals surface area contributed by atoms with Crippen molar-refractivity contribution < 1.29 is 8.42 Å². The minimum atomic E-state index is -3.46. The van der Waals surface area contributed by atoms with E-state index in [1.54, 1.807) is 16.4 Å². The molecule has 33 heavy (non-hydrogen) atoms. The molecule has 2 aliphatic heterocycles. The van der Waals surface area contributed by atoms with E-state index in [0.29, 0.717) is 18.0 Å². The van der Waals surface area contributed by atoms with Gasteiger partial charge in [0, 0.05) is 52.0 Å². The number of anilines is 1. The summed E-state index contributed by atoms with van der Waals surface area (Å²) in [4.78, 5) is 14.4. The Morgan fingerprint density at radius 1 is 0.939 bits per heavy atom. The number of hydrogen-bond acceptors (Lipinski definition) is 6. The molecule has 0 atom stereocenters. The van der Waals surface area contributed by atoms with E-state index >= 15 is 0 Å². The zero-order valence-electron chi connectivity index (χ0n) is 19.2. The first-order valence-electron chi connectivity index (χ1n) is 11.9. The number of fused-ring (bicyclic) bond motifs is 1. The van der Waals surface area contributed by atoms with Crippen LogP contribution < -0.4 is 4.90 Å².